The van der Waals surface area contributed by atoms with Gasteiger partial charge in [0.2, 0.25) is 0 Å². The van der Waals surface area contributed by atoms with Gasteiger partial charge in [-0.3, -0.25) is 4.90 Å². The predicted molar refractivity (Wildman–Crippen MR) is 152 cm³/mol. The molecule has 0 amide bonds. The van der Waals surface area contributed by atoms with E-state index in [4.69, 9.17) is 9.47 Å². The van der Waals surface area contributed by atoms with Crippen LogP contribution in [0.25, 0.3) is 10.8 Å². The second kappa shape index (κ2) is 15.2. The Morgan fingerprint density at radius 3 is 2.14 bits per heavy atom. The topological polar surface area (TPSA) is 41.9 Å². The fraction of sp³-hybridized carbons (Fsp3) is 0.333. The van der Waals surface area contributed by atoms with Gasteiger partial charge in [-0.15, -0.1) is 0 Å². The van der Waals surface area contributed by atoms with E-state index >= 15 is 0 Å². The van der Waals surface area contributed by atoms with Gasteiger partial charge in [-0.25, -0.2) is 0 Å². The average molecular weight is 498 g/mol. The average Bonchev–Trinajstić information content (AvgIpc) is 2.94. The van der Waals surface area contributed by atoms with Crippen LogP contribution < -0.4 is 4.74 Å². The lowest BCUT2D eigenvalue weighted by Crippen LogP contribution is -2.30. The third kappa shape index (κ3) is 9.32. The minimum Gasteiger partial charge on any atom is -0.494 e. The van der Waals surface area contributed by atoms with Crippen LogP contribution in [0.4, 0.5) is 0 Å². The van der Waals surface area contributed by atoms with Crippen LogP contribution >= 0.6 is 0 Å². The molecule has 0 bridgehead atoms. The summed E-state index contributed by atoms with van der Waals surface area (Å²) in [5, 5.41) is 11.9. The normalized spacial score (nSPS) is 11.3. The largest absolute Gasteiger partial charge is 0.494 e. The highest BCUT2D eigenvalue weighted by Gasteiger charge is 2.07. The number of benzene rings is 4. The molecule has 4 rings (SSSR count). The Morgan fingerprint density at radius 1 is 0.622 bits per heavy atom. The molecule has 0 aromatic heterocycles. The highest BCUT2D eigenvalue weighted by atomic mass is 16.5. The zero-order valence-corrected chi connectivity index (χ0v) is 21.7. The first-order chi connectivity index (χ1) is 18.3. The highest BCUT2D eigenvalue weighted by molar-refractivity contribution is 5.84. The predicted octanol–water partition coefficient (Wildman–Crippen LogP) is 6.64. The van der Waals surface area contributed by atoms with E-state index in [0.29, 0.717) is 19.8 Å². The maximum absolute atomic E-state index is 9.53. The first kappa shape index (κ1) is 26.9. The van der Waals surface area contributed by atoms with Crippen molar-refractivity contribution in [3.8, 4) is 5.75 Å². The van der Waals surface area contributed by atoms with E-state index in [1.165, 1.54) is 40.3 Å². The number of aliphatic hydroxyl groups excluding tert-OH is 1. The summed E-state index contributed by atoms with van der Waals surface area (Å²) in [5.74, 6) is 0.931. The van der Waals surface area contributed by atoms with Crippen LogP contribution in [0.1, 0.15) is 36.0 Å². The molecule has 0 aliphatic heterocycles. The van der Waals surface area contributed by atoms with Crippen LogP contribution in [0, 0.1) is 0 Å². The van der Waals surface area contributed by atoms with Gasteiger partial charge in [-0.2, -0.15) is 0 Å². The smallest absolute Gasteiger partial charge is 0.119 e. The fourth-order valence-electron chi connectivity index (χ4n) is 4.53. The van der Waals surface area contributed by atoms with Gasteiger partial charge >= 0.3 is 0 Å². The van der Waals surface area contributed by atoms with Crippen molar-refractivity contribution in [2.24, 2.45) is 0 Å². The molecule has 0 saturated heterocycles. The zero-order valence-electron chi connectivity index (χ0n) is 21.7. The zero-order chi connectivity index (χ0) is 25.5. The fourth-order valence-corrected chi connectivity index (χ4v) is 4.53. The van der Waals surface area contributed by atoms with Crippen LogP contribution in [0.5, 0.6) is 5.75 Å². The molecule has 0 aliphatic rings. The standard InChI is InChI=1S/C33H39NO3/c35-21-19-34(20-23-36-27-29-13-6-2-7-14-29)26-30-15-16-32-25-33(18-17-31(32)24-30)37-22-9-3-8-12-28-10-4-1-5-11-28/h1-2,4-7,10-11,13-18,24-25,35H,3,8-9,12,19-23,26-27H2. The van der Waals surface area contributed by atoms with Crippen molar-refractivity contribution in [2.45, 2.75) is 38.8 Å². The van der Waals surface area contributed by atoms with Crippen LogP contribution in [0.15, 0.2) is 97.1 Å². The number of rotatable bonds is 16. The van der Waals surface area contributed by atoms with Gasteiger partial charge in [0.1, 0.15) is 5.75 Å². The van der Waals surface area contributed by atoms with Gasteiger partial charge in [-0.05, 0) is 71.3 Å². The molecule has 0 fully saturated rings. The van der Waals surface area contributed by atoms with Gasteiger partial charge in [0.15, 0.2) is 0 Å². The molecule has 4 heteroatoms. The van der Waals surface area contributed by atoms with E-state index in [1.54, 1.807) is 0 Å². The van der Waals surface area contributed by atoms with Crippen molar-refractivity contribution in [2.75, 3.05) is 32.9 Å². The van der Waals surface area contributed by atoms with Crippen molar-refractivity contribution in [3.63, 3.8) is 0 Å². The number of hydrogen-bond acceptors (Lipinski definition) is 4. The molecule has 0 atom stereocenters. The second-order valence-electron chi connectivity index (χ2n) is 9.53. The molecule has 0 unspecified atom stereocenters. The van der Waals surface area contributed by atoms with Crippen LogP contribution in [0.3, 0.4) is 0 Å². The van der Waals surface area contributed by atoms with E-state index in [-0.39, 0.29) is 6.61 Å². The van der Waals surface area contributed by atoms with Gasteiger partial charge in [-0.1, -0.05) is 78.9 Å². The monoisotopic (exact) mass is 497 g/mol. The van der Waals surface area contributed by atoms with Crippen LogP contribution in [-0.2, 0) is 24.3 Å². The minimum absolute atomic E-state index is 0.138. The number of hydrogen-bond donors (Lipinski definition) is 1. The molecule has 0 radical (unpaired) electrons. The van der Waals surface area contributed by atoms with Crippen LogP contribution in [-0.4, -0.2) is 42.9 Å². The quantitative estimate of drug-likeness (QED) is 0.176. The van der Waals surface area contributed by atoms with Crippen molar-refractivity contribution in [1.29, 1.82) is 0 Å². The summed E-state index contributed by atoms with van der Waals surface area (Å²) in [7, 11) is 0. The number of nitrogens with zero attached hydrogens (tertiary/aromatic N) is 1. The maximum Gasteiger partial charge on any atom is 0.119 e. The SMILES string of the molecule is OCCN(CCOCc1ccccc1)Cc1ccc2cc(OCCCCCc3ccccc3)ccc2c1. The molecule has 37 heavy (non-hydrogen) atoms. The Bertz CT molecular complexity index is 1180. The summed E-state index contributed by atoms with van der Waals surface area (Å²) < 4.78 is 11.9. The number of unbranched alkanes of at least 4 members (excludes halogenated alkanes) is 2. The van der Waals surface area contributed by atoms with Gasteiger partial charge in [0.25, 0.3) is 0 Å². The summed E-state index contributed by atoms with van der Waals surface area (Å²) in [5.41, 5.74) is 3.82. The first-order valence-corrected chi connectivity index (χ1v) is 13.4. The Kier molecular flexibility index (Phi) is 11.0. The van der Waals surface area contributed by atoms with Gasteiger partial charge < -0.3 is 14.6 Å². The molecule has 0 spiro atoms. The summed E-state index contributed by atoms with van der Waals surface area (Å²) >= 11 is 0. The van der Waals surface area contributed by atoms with E-state index < -0.39 is 0 Å². The molecular formula is C33H39NO3. The molecule has 0 saturated carbocycles. The lowest BCUT2D eigenvalue weighted by molar-refractivity contribution is 0.0832. The number of aryl methyl sites for hydroxylation is 1. The molecule has 4 aromatic rings. The van der Waals surface area contributed by atoms with Crippen LogP contribution in [0.2, 0.25) is 0 Å². The van der Waals surface area contributed by atoms with Crippen molar-refractivity contribution >= 4 is 10.8 Å². The number of aliphatic hydroxyl groups is 1. The Labute approximate surface area is 221 Å². The number of ether oxygens (including phenoxy) is 2. The third-order valence-corrected chi connectivity index (χ3v) is 6.58. The molecule has 4 nitrogen and oxygen atoms in total. The summed E-state index contributed by atoms with van der Waals surface area (Å²) in [6, 6.07) is 33.8. The van der Waals surface area contributed by atoms with E-state index in [2.05, 4.69) is 83.8 Å². The third-order valence-electron chi connectivity index (χ3n) is 6.58. The van der Waals surface area contributed by atoms with Crippen molar-refractivity contribution in [3.05, 3.63) is 114 Å². The molecule has 194 valence electrons. The Balaban J connectivity index is 1.20. The maximum atomic E-state index is 9.53. The molecular weight excluding hydrogens is 458 g/mol. The first-order valence-electron chi connectivity index (χ1n) is 13.4. The summed E-state index contributed by atoms with van der Waals surface area (Å²) in [6.07, 6.45) is 4.57. The van der Waals surface area contributed by atoms with E-state index in [0.717, 1.165) is 38.3 Å². The Morgan fingerprint density at radius 2 is 1.35 bits per heavy atom. The summed E-state index contributed by atoms with van der Waals surface area (Å²) in [6.45, 7) is 4.33. The van der Waals surface area contributed by atoms with Crippen molar-refractivity contribution < 1.29 is 14.6 Å². The highest BCUT2D eigenvalue weighted by Crippen LogP contribution is 2.23. The molecule has 4 aromatic carbocycles. The van der Waals surface area contributed by atoms with E-state index in [1.807, 2.05) is 18.2 Å². The molecule has 0 aliphatic carbocycles. The second-order valence-corrected chi connectivity index (χ2v) is 9.53. The molecule has 0 heterocycles. The number of fused-ring (bicyclic) bond motifs is 1. The summed E-state index contributed by atoms with van der Waals surface area (Å²) in [4.78, 5) is 2.24. The lowest BCUT2D eigenvalue weighted by atomic mass is 10.1. The molecule has 1 N–H and O–H groups in total. The lowest BCUT2D eigenvalue weighted by Gasteiger charge is -2.21. The van der Waals surface area contributed by atoms with Gasteiger partial charge in [0.05, 0.1) is 26.4 Å². The van der Waals surface area contributed by atoms with E-state index in [9.17, 15) is 5.11 Å². The van der Waals surface area contributed by atoms with Crippen molar-refractivity contribution in [1.82, 2.24) is 4.90 Å². The minimum atomic E-state index is 0.138. The van der Waals surface area contributed by atoms with Gasteiger partial charge in [0, 0.05) is 19.6 Å². The Hall–Kier alpha value is -3.18.